The van der Waals surface area contributed by atoms with Crippen molar-refractivity contribution in [3.05, 3.63) is 91.6 Å². The maximum atomic E-state index is 15.9. The molecule has 0 aliphatic rings. The van der Waals surface area contributed by atoms with Gasteiger partial charge in [0.15, 0.2) is 0 Å². The summed E-state index contributed by atoms with van der Waals surface area (Å²) in [5.74, 6) is -2.61. The molecule has 2 aromatic carbocycles. The topological polar surface area (TPSA) is 80.6 Å². The highest BCUT2D eigenvalue weighted by Gasteiger charge is 2.36. The third-order valence-corrected chi connectivity index (χ3v) is 8.11. The van der Waals surface area contributed by atoms with Crippen molar-refractivity contribution in [3.8, 4) is 11.1 Å². The van der Waals surface area contributed by atoms with Crippen LogP contribution in [0, 0.1) is 39.4 Å². The number of hydrogen-bond acceptors (Lipinski definition) is 5. The third kappa shape index (κ3) is 9.09. The van der Waals surface area contributed by atoms with Crippen LogP contribution in [0.4, 0.5) is 17.6 Å². The lowest BCUT2D eigenvalue weighted by molar-refractivity contribution is -0.144. The minimum absolute atomic E-state index is 0.0187. The quantitative estimate of drug-likeness (QED) is 0.167. The fraction of sp³-hybridized carbons (Fsp3) is 0.472. The van der Waals surface area contributed by atoms with Crippen LogP contribution >= 0.6 is 0 Å². The van der Waals surface area contributed by atoms with E-state index in [2.05, 4.69) is 5.32 Å². The van der Waals surface area contributed by atoms with Gasteiger partial charge in [-0.1, -0.05) is 31.5 Å². The summed E-state index contributed by atoms with van der Waals surface area (Å²) >= 11 is 0. The fourth-order valence-corrected chi connectivity index (χ4v) is 6.08. The molecular weight excluding hydrogens is 614 g/mol. The average Bonchev–Trinajstić information content (AvgIpc) is 2.93. The Labute approximate surface area is 273 Å². The molecule has 0 saturated carbocycles. The predicted octanol–water partition coefficient (Wildman–Crippen LogP) is 7.02. The molecule has 0 fully saturated rings. The van der Waals surface area contributed by atoms with Gasteiger partial charge in [-0.05, 0) is 107 Å². The van der Waals surface area contributed by atoms with E-state index in [1.807, 2.05) is 32.9 Å². The number of pyridine rings is 1. The van der Waals surface area contributed by atoms with Crippen LogP contribution in [-0.2, 0) is 26.9 Å². The van der Waals surface area contributed by atoms with Gasteiger partial charge < -0.3 is 19.5 Å². The number of carbonyl (C=O) groups excluding carboxylic acids is 2. The van der Waals surface area contributed by atoms with Gasteiger partial charge in [-0.25, -0.2) is 4.39 Å². The SMILES string of the molecule is CCOC(=O)C[C@H](NC(=O)C(C(C)C)n1cc(CCN(C)C)c(C(F)(F)F)cc1=O)c1cc(-c2c(C)cc(C)cc2C)cc(C)c1F. The molecule has 1 N–H and O–H groups in total. The number of aryl methyl sites for hydroxylation is 4. The van der Waals surface area contributed by atoms with Gasteiger partial charge in [-0.2, -0.15) is 13.2 Å². The number of amides is 1. The summed E-state index contributed by atoms with van der Waals surface area (Å²) in [6, 6.07) is 5.39. The summed E-state index contributed by atoms with van der Waals surface area (Å²) in [5.41, 5.74) is 2.75. The number of ether oxygens (including phenoxy) is 1. The second-order valence-corrected chi connectivity index (χ2v) is 12.7. The Bertz CT molecular complexity index is 1650. The average molecular weight is 660 g/mol. The monoisotopic (exact) mass is 659 g/mol. The van der Waals surface area contributed by atoms with Gasteiger partial charge in [0.2, 0.25) is 5.91 Å². The molecule has 7 nitrogen and oxygen atoms in total. The van der Waals surface area contributed by atoms with Crippen molar-refractivity contribution in [3.63, 3.8) is 0 Å². The number of carbonyl (C=O) groups is 2. The first-order chi connectivity index (χ1) is 21.8. The van der Waals surface area contributed by atoms with Gasteiger partial charge >= 0.3 is 12.1 Å². The van der Waals surface area contributed by atoms with Crippen molar-refractivity contribution in [2.24, 2.45) is 5.92 Å². The third-order valence-electron chi connectivity index (χ3n) is 8.11. The molecule has 2 atom stereocenters. The molecule has 1 amide bonds. The summed E-state index contributed by atoms with van der Waals surface area (Å²) in [6.45, 7) is 12.8. The smallest absolute Gasteiger partial charge is 0.416 e. The molecule has 1 unspecified atom stereocenters. The number of aromatic nitrogens is 1. The number of likely N-dealkylation sites (N-methyl/N-ethyl adjacent to an activating group) is 1. The van der Waals surface area contributed by atoms with Crippen LogP contribution in [-0.4, -0.2) is 48.6 Å². The maximum absolute atomic E-state index is 15.9. The van der Waals surface area contributed by atoms with Gasteiger partial charge in [0.25, 0.3) is 5.56 Å². The Hall–Kier alpha value is -3.99. The highest BCUT2D eigenvalue weighted by molar-refractivity contribution is 5.82. The molecule has 256 valence electrons. The summed E-state index contributed by atoms with van der Waals surface area (Å²) in [6.07, 6.45) is -4.11. The zero-order valence-electron chi connectivity index (χ0n) is 28.6. The first-order valence-electron chi connectivity index (χ1n) is 15.7. The number of hydrogen-bond donors (Lipinski definition) is 1. The van der Waals surface area contributed by atoms with E-state index in [1.54, 1.807) is 58.8 Å². The summed E-state index contributed by atoms with van der Waals surface area (Å²) in [5, 5.41) is 2.76. The van der Waals surface area contributed by atoms with Gasteiger partial charge in [0.1, 0.15) is 11.9 Å². The maximum Gasteiger partial charge on any atom is 0.416 e. The molecule has 47 heavy (non-hydrogen) atoms. The number of rotatable bonds is 12. The van der Waals surface area contributed by atoms with Crippen LogP contribution < -0.4 is 10.9 Å². The van der Waals surface area contributed by atoms with Crippen LogP contribution in [0.15, 0.2) is 41.3 Å². The first-order valence-corrected chi connectivity index (χ1v) is 15.7. The number of nitrogens with one attached hydrogen (secondary N) is 1. The minimum atomic E-state index is -4.77. The lowest BCUT2D eigenvalue weighted by Gasteiger charge is -2.28. The summed E-state index contributed by atoms with van der Waals surface area (Å²) in [7, 11) is 3.43. The largest absolute Gasteiger partial charge is 0.466 e. The molecular formula is C36H45F4N3O4. The zero-order valence-corrected chi connectivity index (χ0v) is 28.6. The predicted molar refractivity (Wildman–Crippen MR) is 175 cm³/mol. The van der Waals surface area contributed by atoms with Crippen molar-refractivity contribution in [2.45, 2.75) is 79.6 Å². The van der Waals surface area contributed by atoms with E-state index in [-0.39, 0.29) is 30.7 Å². The molecule has 11 heteroatoms. The second kappa shape index (κ2) is 15.3. The molecule has 0 aliphatic carbocycles. The van der Waals surface area contributed by atoms with E-state index in [1.165, 1.54) is 0 Å². The fourth-order valence-electron chi connectivity index (χ4n) is 6.08. The van der Waals surface area contributed by atoms with Crippen molar-refractivity contribution >= 4 is 11.9 Å². The van der Waals surface area contributed by atoms with E-state index in [0.717, 1.165) is 33.0 Å². The van der Waals surface area contributed by atoms with Gasteiger partial charge in [0, 0.05) is 24.4 Å². The van der Waals surface area contributed by atoms with E-state index in [0.29, 0.717) is 17.2 Å². The molecule has 0 spiro atoms. The molecule has 0 saturated heterocycles. The van der Waals surface area contributed by atoms with Crippen molar-refractivity contribution < 1.29 is 31.9 Å². The number of alkyl halides is 3. The molecule has 1 heterocycles. The normalized spacial score (nSPS) is 13.2. The molecule has 0 bridgehead atoms. The number of esters is 1. The van der Waals surface area contributed by atoms with Crippen LogP contribution in [0.5, 0.6) is 0 Å². The van der Waals surface area contributed by atoms with Gasteiger partial charge in [-0.15, -0.1) is 0 Å². The van der Waals surface area contributed by atoms with E-state index >= 15 is 4.39 Å². The van der Waals surface area contributed by atoms with Crippen LogP contribution in [0.1, 0.15) is 78.2 Å². The lowest BCUT2D eigenvalue weighted by atomic mass is 9.89. The minimum Gasteiger partial charge on any atom is -0.466 e. The highest BCUT2D eigenvalue weighted by Crippen LogP contribution is 2.35. The summed E-state index contributed by atoms with van der Waals surface area (Å²) < 4.78 is 63.9. The van der Waals surface area contributed by atoms with E-state index in [9.17, 15) is 27.6 Å². The molecule has 3 rings (SSSR count). The Kier molecular flexibility index (Phi) is 12.2. The Morgan fingerprint density at radius 3 is 2.13 bits per heavy atom. The second-order valence-electron chi connectivity index (χ2n) is 12.7. The van der Waals surface area contributed by atoms with Gasteiger partial charge in [-0.3, -0.25) is 14.4 Å². The number of nitrogens with zero attached hydrogens (tertiary/aromatic N) is 2. The molecule has 3 aromatic rings. The van der Waals surface area contributed by atoms with E-state index < -0.39 is 59.4 Å². The Balaban J connectivity index is 2.16. The van der Waals surface area contributed by atoms with Crippen molar-refractivity contribution in [1.82, 2.24) is 14.8 Å². The number of benzene rings is 2. The van der Waals surface area contributed by atoms with Crippen LogP contribution in [0.25, 0.3) is 11.1 Å². The highest BCUT2D eigenvalue weighted by atomic mass is 19.4. The first kappa shape index (κ1) is 37.5. The molecule has 1 aromatic heterocycles. The van der Waals surface area contributed by atoms with Crippen molar-refractivity contribution in [1.29, 1.82) is 0 Å². The molecule has 0 aliphatic heterocycles. The lowest BCUT2D eigenvalue weighted by Crippen LogP contribution is -2.42. The Morgan fingerprint density at radius 1 is 0.979 bits per heavy atom. The Morgan fingerprint density at radius 2 is 1.60 bits per heavy atom. The molecule has 0 radical (unpaired) electrons. The van der Waals surface area contributed by atoms with Crippen LogP contribution in [0.3, 0.4) is 0 Å². The van der Waals surface area contributed by atoms with Crippen LogP contribution in [0.2, 0.25) is 0 Å². The van der Waals surface area contributed by atoms with E-state index in [4.69, 9.17) is 4.74 Å². The number of halogens is 4. The van der Waals surface area contributed by atoms with Crippen molar-refractivity contribution in [2.75, 3.05) is 27.2 Å². The summed E-state index contributed by atoms with van der Waals surface area (Å²) in [4.78, 5) is 41.7. The van der Waals surface area contributed by atoms with Gasteiger partial charge in [0.05, 0.1) is 24.6 Å². The zero-order chi connectivity index (χ0) is 35.4. The standard InChI is InChI=1S/C36H45F4N3O4/c1-10-47-31(45)18-29(27-16-26(15-24(7)33(27)37)32-22(5)13-21(4)14-23(32)6)41-35(46)34(20(2)3)43-19-25(11-12-42(8)9)28(17-30(43)44)36(38,39)40/h13-17,19-20,29,34H,10-12,18H2,1-9H3,(H,41,46)/t29-,34?/m0/s1.